The molecule has 0 bridgehead atoms. The van der Waals surface area contributed by atoms with E-state index in [4.69, 9.17) is 15.8 Å². The fourth-order valence-corrected chi connectivity index (χ4v) is 8.65. The molecule has 0 saturated heterocycles. The molecule has 7 aromatic rings. The molecule has 0 spiro atoms. The normalized spacial score (nSPS) is 11.6. The molecule has 0 aliphatic carbocycles. The van der Waals surface area contributed by atoms with E-state index >= 15 is 0 Å². The van der Waals surface area contributed by atoms with Crippen LogP contribution in [0.5, 0.6) is 0 Å². The second-order valence-electron chi connectivity index (χ2n) is 12.4. The van der Waals surface area contributed by atoms with E-state index in [1.165, 1.54) is 4.40 Å². The first-order chi connectivity index (χ1) is 22.6. The van der Waals surface area contributed by atoms with Crippen molar-refractivity contribution in [3.63, 3.8) is 0 Å². The fourth-order valence-electron chi connectivity index (χ4n) is 5.33. The molecule has 3 heterocycles. The van der Waals surface area contributed by atoms with Crippen molar-refractivity contribution in [3.8, 4) is 45.1 Å². The second kappa shape index (κ2) is 15.2. The molecule has 4 aromatic carbocycles. The molecule has 3 aromatic heterocycles. The summed E-state index contributed by atoms with van der Waals surface area (Å²) >= 11 is -2.22. The maximum Gasteiger partial charge on any atom is 0.0160 e. The van der Waals surface area contributed by atoms with Gasteiger partial charge in [0.1, 0.15) is 0 Å². The van der Waals surface area contributed by atoms with E-state index in [-0.39, 0.29) is 20.1 Å². The number of hydrogen-bond donors (Lipinski definition) is 0. The monoisotopic (exact) mass is 855 g/mol. The van der Waals surface area contributed by atoms with Crippen molar-refractivity contribution in [2.24, 2.45) is 0 Å². The molecule has 0 fully saturated rings. The molecule has 0 aliphatic rings. The zero-order valence-electron chi connectivity index (χ0n) is 28.2. The Balaban J connectivity index is 0.000000291. The standard InChI is InChI=1S/C30H29GeN2O.C11H8N.Ir/c1-20(2)24-18-27(32-19-26(24)31(3,4)5)23-16-25(21-12-8-6-9-13-21)29-28(17-23)34-30(33-29)22-14-10-7-11-15-22;1-2-6-10(7-3-1)11-8-4-5-9-12-11;/h6-16,18-20H,1-5H3;1-6,8-9H;/q2*-1;/i20D;;. The molecule has 0 amide bonds. The van der Waals surface area contributed by atoms with Crippen LogP contribution in [-0.2, 0) is 20.1 Å². The Bertz CT molecular complexity index is 2050. The van der Waals surface area contributed by atoms with E-state index < -0.39 is 19.2 Å². The van der Waals surface area contributed by atoms with Crippen LogP contribution in [-0.4, -0.2) is 28.2 Å². The number of benzene rings is 4. The first kappa shape index (κ1) is 32.8. The molecule has 7 rings (SSSR count). The summed E-state index contributed by atoms with van der Waals surface area (Å²) in [5, 5.41) is 0. The fraction of sp³-hybridized carbons (Fsp3) is 0.146. The van der Waals surface area contributed by atoms with Crippen molar-refractivity contribution in [2.75, 3.05) is 0 Å². The number of fused-ring (bicyclic) bond motifs is 1. The summed E-state index contributed by atoms with van der Waals surface area (Å²) in [4.78, 5) is 13.9. The molecule has 1 radical (unpaired) electrons. The third kappa shape index (κ3) is 8.05. The summed E-state index contributed by atoms with van der Waals surface area (Å²) < 4.78 is 16.3. The summed E-state index contributed by atoms with van der Waals surface area (Å²) in [5.74, 6) is 6.89. The Morgan fingerprint density at radius 1 is 0.745 bits per heavy atom. The van der Waals surface area contributed by atoms with Gasteiger partial charge in [-0.05, 0) is 11.8 Å². The van der Waals surface area contributed by atoms with Gasteiger partial charge < -0.3 is 4.98 Å². The van der Waals surface area contributed by atoms with E-state index in [0.29, 0.717) is 11.5 Å². The van der Waals surface area contributed by atoms with Crippen molar-refractivity contribution in [1.29, 1.82) is 0 Å². The van der Waals surface area contributed by atoms with Crippen LogP contribution in [0.15, 0.2) is 132 Å². The molecule has 237 valence electrons. The molecule has 0 aliphatic heterocycles. The van der Waals surface area contributed by atoms with Gasteiger partial charge in [-0.2, -0.15) is 0 Å². The predicted molar refractivity (Wildman–Crippen MR) is 193 cm³/mol. The van der Waals surface area contributed by atoms with Crippen LogP contribution in [0.2, 0.25) is 17.3 Å². The van der Waals surface area contributed by atoms with E-state index in [1.807, 2.05) is 111 Å². The third-order valence-corrected chi connectivity index (χ3v) is 11.9. The molecule has 4 nitrogen and oxygen atoms in total. The van der Waals surface area contributed by atoms with Crippen LogP contribution in [0.3, 0.4) is 0 Å². The van der Waals surface area contributed by atoms with Gasteiger partial charge in [-0.3, -0.25) is 0 Å². The van der Waals surface area contributed by atoms with Crippen LogP contribution in [0, 0.1) is 12.1 Å². The zero-order valence-corrected chi connectivity index (χ0v) is 31.7. The number of pyridine rings is 2. The van der Waals surface area contributed by atoms with Gasteiger partial charge in [-0.25, -0.2) is 0 Å². The third-order valence-electron chi connectivity index (χ3n) is 7.70. The average Bonchev–Trinajstić information content (AvgIpc) is 3.53. The van der Waals surface area contributed by atoms with Gasteiger partial charge in [0.05, 0.1) is 0 Å². The van der Waals surface area contributed by atoms with E-state index in [1.54, 1.807) is 6.20 Å². The van der Waals surface area contributed by atoms with Crippen molar-refractivity contribution in [2.45, 2.75) is 37.0 Å². The molecule has 0 N–H and O–H groups in total. The van der Waals surface area contributed by atoms with Gasteiger partial charge in [0.2, 0.25) is 0 Å². The predicted octanol–water partition coefficient (Wildman–Crippen LogP) is 10.2. The van der Waals surface area contributed by atoms with Crippen molar-refractivity contribution in [1.82, 2.24) is 15.0 Å². The van der Waals surface area contributed by atoms with Gasteiger partial charge in [0.15, 0.2) is 0 Å². The average molecular weight is 854 g/mol. The van der Waals surface area contributed by atoms with E-state index in [9.17, 15) is 0 Å². The van der Waals surface area contributed by atoms with Gasteiger partial charge in [0, 0.05) is 26.3 Å². The smallest absolute Gasteiger partial charge is 0.0160 e. The van der Waals surface area contributed by atoms with Crippen molar-refractivity contribution >= 4 is 28.8 Å². The summed E-state index contributed by atoms with van der Waals surface area (Å²) in [5.41, 5.74) is 9.04. The second-order valence-corrected chi connectivity index (χ2v) is 23.0. The van der Waals surface area contributed by atoms with Gasteiger partial charge in [0.25, 0.3) is 0 Å². The minimum Gasteiger partial charge on any atom is -0.305 e. The number of oxazole rings is 1. The van der Waals surface area contributed by atoms with E-state index in [0.717, 1.165) is 50.3 Å². The summed E-state index contributed by atoms with van der Waals surface area (Å²) in [6.07, 6.45) is 3.78. The molecule has 6 heteroatoms. The molecule has 0 atom stereocenters. The minimum absolute atomic E-state index is 0. The Hall–Kier alpha value is -4.16. The Labute approximate surface area is 295 Å². The van der Waals surface area contributed by atoms with Crippen molar-refractivity contribution in [3.05, 3.63) is 145 Å². The summed E-state index contributed by atoms with van der Waals surface area (Å²) in [6, 6.07) is 44.6. The van der Waals surface area contributed by atoms with E-state index in [2.05, 4.69) is 58.7 Å². The molecular formula is C41H37GeIrN3O-2. The Morgan fingerprint density at radius 2 is 1.43 bits per heavy atom. The quantitative estimate of drug-likeness (QED) is 0.124. The number of aromatic nitrogens is 3. The summed E-state index contributed by atoms with van der Waals surface area (Å²) in [7, 11) is 0. The van der Waals surface area contributed by atoms with Crippen LogP contribution < -0.4 is 4.40 Å². The largest absolute Gasteiger partial charge is 0.305 e. The van der Waals surface area contributed by atoms with Crippen LogP contribution >= 0.6 is 0 Å². The summed E-state index contributed by atoms with van der Waals surface area (Å²) in [6.45, 7) is 3.91. The maximum atomic E-state index is 8.82. The number of hydrogen-bond acceptors (Lipinski definition) is 4. The molecule has 47 heavy (non-hydrogen) atoms. The van der Waals surface area contributed by atoms with Crippen molar-refractivity contribution < 1.29 is 25.9 Å². The molecular weight excluding hydrogens is 815 g/mol. The van der Waals surface area contributed by atoms with Gasteiger partial charge in [-0.1, -0.05) is 18.2 Å². The topological polar surface area (TPSA) is 51.8 Å². The zero-order chi connectivity index (χ0) is 33.0. The number of nitrogens with zero attached hydrogens (tertiary/aromatic N) is 3. The SMILES string of the molecule is [2H]C(C)(C)c1cc(-c2[c-]c3oc(-c4ccccc4)nc3c(-c3ccccc3)c2)nc[c]1[Ge]([CH3])([CH3])[CH3].[Ir].[c-]1ccccc1-c1ccccn1. The maximum absolute atomic E-state index is 8.82. The molecule has 0 unspecified atom stereocenters. The first-order valence-corrected chi connectivity index (χ1v) is 22.8. The Morgan fingerprint density at radius 3 is 2.04 bits per heavy atom. The first-order valence-electron chi connectivity index (χ1n) is 15.9. The molecule has 0 saturated carbocycles. The van der Waals surface area contributed by atoms with Gasteiger partial charge >= 0.3 is 200 Å². The van der Waals surface area contributed by atoms with Crippen LogP contribution in [0.25, 0.3) is 56.2 Å². The van der Waals surface area contributed by atoms with Gasteiger partial charge in [-0.15, -0.1) is 35.9 Å². The Kier molecular flexibility index (Phi) is 10.6. The number of rotatable bonds is 6. The van der Waals surface area contributed by atoms with Crippen LogP contribution in [0.4, 0.5) is 0 Å². The van der Waals surface area contributed by atoms with Crippen LogP contribution in [0.1, 0.15) is 26.7 Å². The minimum atomic E-state index is -2.22.